The number of nitrogens with zero attached hydrogens (tertiary/aromatic N) is 1. The Morgan fingerprint density at radius 2 is 2.07 bits per heavy atom. The van der Waals surface area contributed by atoms with Crippen molar-refractivity contribution in [2.24, 2.45) is 0 Å². The summed E-state index contributed by atoms with van der Waals surface area (Å²) in [6.07, 6.45) is 3.99. The van der Waals surface area contributed by atoms with E-state index in [0.29, 0.717) is 5.15 Å². The molecule has 0 aliphatic heterocycles. The molecule has 1 aromatic heterocycles. The second-order valence-electron chi connectivity index (χ2n) is 2.59. The Balaban J connectivity index is 0. The van der Waals surface area contributed by atoms with E-state index < -0.39 is 0 Å². The Morgan fingerprint density at radius 3 is 2.36 bits per heavy atom. The summed E-state index contributed by atoms with van der Waals surface area (Å²) in [6, 6.07) is 1.94. The number of rotatable bonds is 1. The quantitative estimate of drug-likeness (QED) is 0.329. The van der Waals surface area contributed by atoms with E-state index in [1.807, 2.05) is 13.0 Å². The van der Waals surface area contributed by atoms with Crippen molar-refractivity contribution in [1.82, 2.24) is 4.98 Å². The number of unbranched alkanes of at least 4 members (excludes halogenated alkanes) is 1. The number of pyridine rings is 1. The monoisotopic (exact) mass is 317 g/mol. The Labute approximate surface area is 117 Å². The molecule has 0 amide bonds. The molecule has 4 heteroatoms. The fourth-order valence-electron chi connectivity index (χ4n) is 0.507. The van der Waals surface area contributed by atoms with Gasteiger partial charge in [-0.1, -0.05) is 24.9 Å². The Kier molecular flexibility index (Phi) is 12.6. The molecule has 0 saturated carbocycles. The van der Waals surface area contributed by atoms with Crippen molar-refractivity contribution in [3.05, 3.63) is 33.5 Å². The molecule has 0 aliphatic rings. The first-order valence-corrected chi connectivity index (χ1v) is 5.65. The summed E-state index contributed by atoms with van der Waals surface area (Å²) in [6.45, 7) is 7.73. The number of hydrogen-bond donors (Lipinski definition) is 0. The summed E-state index contributed by atoms with van der Waals surface area (Å²) in [4.78, 5) is 3.90. The van der Waals surface area contributed by atoms with Crippen LogP contribution in [0.15, 0.2) is 12.3 Å². The zero-order valence-corrected chi connectivity index (χ0v) is 11.9. The van der Waals surface area contributed by atoms with Crippen LogP contribution in [-0.2, 0) is 0 Å². The Hall–Kier alpha value is 0.767. The molecule has 0 unspecified atom stereocenters. The van der Waals surface area contributed by atoms with Crippen molar-refractivity contribution in [1.29, 1.82) is 0 Å². The van der Waals surface area contributed by atoms with Crippen LogP contribution in [0.4, 0.5) is 0 Å². The molecule has 1 heterocycles. The molecule has 0 fully saturated rings. The van der Waals surface area contributed by atoms with Gasteiger partial charge in [-0.3, -0.25) is 0 Å². The average Bonchev–Trinajstić information content (AvgIpc) is 2.14. The predicted molar refractivity (Wildman–Crippen MR) is 67.0 cm³/mol. The van der Waals surface area contributed by atoms with E-state index in [4.69, 9.17) is 11.6 Å². The molecule has 0 aliphatic carbocycles. The molecule has 0 aromatic carbocycles. The van der Waals surface area contributed by atoms with Crippen LogP contribution < -0.4 is 18.9 Å². The van der Waals surface area contributed by atoms with E-state index in [0.717, 1.165) is 9.99 Å². The smallest absolute Gasteiger partial charge is 0.343 e. The number of aromatic nitrogens is 1. The largest absolute Gasteiger partial charge is 1.00 e. The fourth-order valence-corrected chi connectivity index (χ4v) is 1.03. The van der Waals surface area contributed by atoms with Crippen molar-refractivity contribution < 1.29 is 18.9 Å². The van der Waals surface area contributed by atoms with Gasteiger partial charge in [-0.05, 0) is 41.1 Å². The molecule has 0 bridgehead atoms. The van der Waals surface area contributed by atoms with E-state index in [1.54, 1.807) is 6.20 Å². The standard InChI is InChI=1S/C6H5ClIN.C4H9.Li/c1-4-2-3-9-6(7)5(4)8;1-3-4-2;/h2-3H,1H3;1,3-4H2,2H3;/q;-1;+1. The van der Waals surface area contributed by atoms with Gasteiger partial charge in [0.1, 0.15) is 5.15 Å². The second-order valence-corrected chi connectivity index (χ2v) is 4.02. The molecule has 0 saturated heterocycles. The Bertz CT molecular complexity index is 234. The maximum Gasteiger partial charge on any atom is 1.00 e. The predicted octanol–water partition coefficient (Wildman–Crippen LogP) is 1.27. The van der Waals surface area contributed by atoms with Crippen molar-refractivity contribution >= 4 is 34.2 Å². The fraction of sp³-hybridized carbons (Fsp3) is 0.400. The van der Waals surface area contributed by atoms with Gasteiger partial charge in [0.2, 0.25) is 0 Å². The first kappa shape index (κ1) is 17.2. The number of hydrogen-bond acceptors (Lipinski definition) is 1. The van der Waals surface area contributed by atoms with Gasteiger partial charge in [-0.2, -0.15) is 6.42 Å². The third-order valence-electron chi connectivity index (χ3n) is 1.39. The van der Waals surface area contributed by atoms with Gasteiger partial charge >= 0.3 is 18.9 Å². The van der Waals surface area contributed by atoms with Gasteiger partial charge in [-0.15, -0.1) is 0 Å². The molecule has 1 rings (SSSR count). The number of aryl methyl sites for hydroxylation is 1. The summed E-state index contributed by atoms with van der Waals surface area (Å²) in [5, 5.41) is 0.593. The topological polar surface area (TPSA) is 12.9 Å². The molecule has 0 atom stereocenters. The zero-order chi connectivity index (χ0) is 10.3. The first-order valence-electron chi connectivity index (χ1n) is 4.19. The van der Waals surface area contributed by atoms with Crippen LogP contribution in [0.25, 0.3) is 0 Å². The molecular weight excluding hydrogens is 303 g/mol. The molecule has 1 nitrogen and oxygen atoms in total. The zero-order valence-electron chi connectivity index (χ0n) is 8.98. The molecule has 1 aromatic rings. The molecule has 74 valence electrons. The summed E-state index contributed by atoms with van der Waals surface area (Å²) in [5.41, 5.74) is 1.18. The van der Waals surface area contributed by atoms with Gasteiger partial charge in [0.15, 0.2) is 0 Å². The second kappa shape index (κ2) is 10.3. The molecule has 0 N–H and O–H groups in total. The maximum atomic E-state index is 5.70. The van der Waals surface area contributed by atoms with Crippen LogP contribution >= 0.6 is 34.2 Å². The SMILES string of the molecule is Cc1ccnc(Cl)c1I.[CH2-]CCC.[Li+]. The van der Waals surface area contributed by atoms with E-state index in [-0.39, 0.29) is 18.9 Å². The summed E-state index contributed by atoms with van der Waals surface area (Å²) in [7, 11) is 0. The van der Waals surface area contributed by atoms with Crippen molar-refractivity contribution in [3.8, 4) is 0 Å². The normalized spacial score (nSPS) is 8.36. The van der Waals surface area contributed by atoms with Crippen LogP contribution in [0.5, 0.6) is 0 Å². The van der Waals surface area contributed by atoms with Gasteiger partial charge < -0.3 is 6.92 Å². The number of halogens is 2. The minimum absolute atomic E-state index is 0. The van der Waals surface area contributed by atoms with Crippen LogP contribution in [0, 0.1) is 17.4 Å². The summed E-state index contributed by atoms with van der Waals surface area (Å²) < 4.78 is 1.04. The van der Waals surface area contributed by atoms with Crippen molar-refractivity contribution in [2.45, 2.75) is 26.7 Å². The molecule has 14 heavy (non-hydrogen) atoms. The van der Waals surface area contributed by atoms with E-state index in [2.05, 4.69) is 41.4 Å². The van der Waals surface area contributed by atoms with Crippen LogP contribution in [0.1, 0.15) is 25.3 Å². The Morgan fingerprint density at radius 1 is 1.57 bits per heavy atom. The van der Waals surface area contributed by atoms with Crippen LogP contribution in [-0.4, -0.2) is 4.98 Å². The maximum absolute atomic E-state index is 5.70. The van der Waals surface area contributed by atoms with Gasteiger partial charge in [0.25, 0.3) is 0 Å². The molecule has 0 spiro atoms. The van der Waals surface area contributed by atoms with Crippen molar-refractivity contribution in [2.75, 3.05) is 0 Å². The average molecular weight is 318 g/mol. The van der Waals surface area contributed by atoms with E-state index in [9.17, 15) is 0 Å². The first-order chi connectivity index (χ1) is 6.13. The summed E-state index contributed by atoms with van der Waals surface area (Å²) >= 11 is 7.87. The van der Waals surface area contributed by atoms with Gasteiger partial charge in [0, 0.05) is 6.20 Å². The van der Waals surface area contributed by atoms with E-state index in [1.165, 1.54) is 12.0 Å². The third kappa shape index (κ3) is 7.11. The minimum Gasteiger partial charge on any atom is -0.343 e. The van der Waals surface area contributed by atoms with Gasteiger partial charge in [0.05, 0.1) is 3.57 Å². The third-order valence-corrected chi connectivity index (χ3v) is 3.36. The van der Waals surface area contributed by atoms with Crippen LogP contribution in [0.3, 0.4) is 0 Å². The van der Waals surface area contributed by atoms with Crippen LogP contribution in [0.2, 0.25) is 5.15 Å². The van der Waals surface area contributed by atoms with E-state index >= 15 is 0 Å². The van der Waals surface area contributed by atoms with Crippen molar-refractivity contribution in [3.63, 3.8) is 0 Å². The minimum atomic E-state index is 0. The molecule has 0 radical (unpaired) electrons. The molecular formula is C10H14ClILiN. The summed E-state index contributed by atoms with van der Waals surface area (Å²) in [5.74, 6) is 0. The van der Waals surface area contributed by atoms with Gasteiger partial charge in [-0.25, -0.2) is 4.98 Å².